The molecule has 2 aliphatic heterocycles. The highest BCUT2D eigenvalue weighted by Crippen LogP contribution is 2.40. The first-order chi connectivity index (χ1) is 15.6. The molecule has 12 heteroatoms. The van der Waals surface area contributed by atoms with E-state index in [0.717, 1.165) is 36.2 Å². The highest BCUT2D eigenvalue weighted by molar-refractivity contribution is 6.05. The van der Waals surface area contributed by atoms with Crippen LogP contribution in [0, 0.1) is 6.92 Å². The maximum absolute atomic E-state index is 12.7. The molecule has 33 heavy (non-hydrogen) atoms. The maximum atomic E-state index is 12.7. The summed E-state index contributed by atoms with van der Waals surface area (Å²) in [5.41, 5.74) is 1.83. The smallest absolute Gasteiger partial charge is 0.451 e. The van der Waals surface area contributed by atoms with Gasteiger partial charge in [0.1, 0.15) is 17.8 Å². The Labute approximate surface area is 188 Å². The fourth-order valence-corrected chi connectivity index (χ4v) is 4.41. The highest BCUT2D eigenvalue weighted by atomic mass is 19.4. The van der Waals surface area contributed by atoms with E-state index in [9.17, 15) is 18.0 Å². The summed E-state index contributed by atoms with van der Waals surface area (Å²) in [6.07, 6.45) is -0.728. The minimum Gasteiger partial charge on any atom is -0.487 e. The molecule has 176 valence electrons. The van der Waals surface area contributed by atoms with Crippen LogP contribution in [0.15, 0.2) is 6.20 Å². The van der Waals surface area contributed by atoms with Gasteiger partial charge in [-0.25, -0.2) is 15.0 Å². The van der Waals surface area contributed by atoms with Crippen molar-refractivity contribution in [1.82, 2.24) is 19.9 Å². The van der Waals surface area contributed by atoms with E-state index in [2.05, 4.69) is 20.3 Å². The molecular weight excluding hydrogens is 439 g/mol. The average Bonchev–Trinajstić information content (AvgIpc) is 2.74. The van der Waals surface area contributed by atoms with E-state index in [1.165, 1.54) is 6.92 Å². The lowest BCUT2D eigenvalue weighted by atomic mass is 9.89. The molecule has 0 aromatic carbocycles. The minimum atomic E-state index is -4.58. The van der Waals surface area contributed by atoms with Gasteiger partial charge in [-0.2, -0.15) is 18.2 Å². The van der Waals surface area contributed by atoms with E-state index in [1.807, 2.05) is 18.9 Å². The van der Waals surface area contributed by atoms with Crippen molar-refractivity contribution >= 4 is 23.4 Å². The van der Waals surface area contributed by atoms with Crippen molar-refractivity contribution in [3.8, 4) is 5.75 Å². The number of rotatable bonds is 4. The lowest BCUT2D eigenvalue weighted by Gasteiger charge is -2.42. The number of carbonyl (C=O) groups is 1. The summed E-state index contributed by atoms with van der Waals surface area (Å²) in [5.74, 6) is 0.405. The van der Waals surface area contributed by atoms with Crippen LogP contribution in [0.4, 0.5) is 30.6 Å². The monoisotopic (exact) mass is 463 g/mol. The molecule has 1 N–H and O–H groups in total. The number of nitrogens with zero attached hydrogens (tertiary/aromatic N) is 6. The minimum absolute atomic E-state index is 0.0665. The molecule has 2 aromatic rings. The third-order valence-corrected chi connectivity index (χ3v) is 6.45. The van der Waals surface area contributed by atoms with Crippen LogP contribution in [0.3, 0.4) is 0 Å². The maximum Gasteiger partial charge on any atom is 0.451 e. The van der Waals surface area contributed by atoms with Gasteiger partial charge >= 0.3 is 6.18 Å². The number of anilines is 3. The summed E-state index contributed by atoms with van der Waals surface area (Å²) in [5, 5.41) is 3.34. The number of alkyl halides is 3. The topological polar surface area (TPSA) is 96.4 Å². The molecule has 1 amide bonds. The van der Waals surface area contributed by atoms with Gasteiger partial charge in [-0.3, -0.25) is 4.79 Å². The van der Waals surface area contributed by atoms with Gasteiger partial charge in [0.05, 0.1) is 17.6 Å². The number of amides is 1. The predicted molar refractivity (Wildman–Crippen MR) is 113 cm³/mol. The van der Waals surface area contributed by atoms with Crippen LogP contribution >= 0.6 is 0 Å². The average molecular weight is 463 g/mol. The van der Waals surface area contributed by atoms with Crippen molar-refractivity contribution in [2.45, 2.75) is 63.9 Å². The van der Waals surface area contributed by atoms with Crippen molar-refractivity contribution in [2.24, 2.45) is 0 Å². The summed E-state index contributed by atoms with van der Waals surface area (Å²) in [6, 6.07) is -0.217. The van der Waals surface area contributed by atoms with Gasteiger partial charge in [-0.1, -0.05) is 0 Å². The first-order valence-electron chi connectivity index (χ1n) is 10.9. The third-order valence-electron chi connectivity index (χ3n) is 6.45. The SMILES string of the molecule is Cc1nc(C(F)(F)F)ncc1OC1CC(Nc2nc3c4c(n2)N(C)[C@@H](C)C(=O)N4CCC3)C1. The van der Waals surface area contributed by atoms with E-state index in [1.54, 1.807) is 4.90 Å². The Bertz CT molecular complexity index is 1100. The molecule has 0 radical (unpaired) electrons. The highest BCUT2D eigenvalue weighted by Gasteiger charge is 2.40. The van der Waals surface area contributed by atoms with E-state index < -0.39 is 12.0 Å². The van der Waals surface area contributed by atoms with Crippen LogP contribution in [-0.4, -0.2) is 57.6 Å². The number of likely N-dealkylation sites (N-methyl/N-ethyl adjacent to an activating group) is 1. The van der Waals surface area contributed by atoms with Gasteiger partial charge in [0.2, 0.25) is 17.7 Å². The van der Waals surface area contributed by atoms with Gasteiger partial charge < -0.3 is 19.9 Å². The number of ether oxygens (including phenoxy) is 1. The Morgan fingerprint density at radius 1 is 1.21 bits per heavy atom. The number of halogens is 3. The number of nitrogens with one attached hydrogen (secondary N) is 1. The molecular formula is C21H24F3N7O2. The largest absolute Gasteiger partial charge is 0.487 e. The molecule has 0 spiro atoms. The van der Waals surface area contributed by atoms with E-state index >= 15 is 0 Å². The van der Waals surface area contributed by atoms with Crippen LogP contribution in [0.25, 0.3) is 0 Å². The number of hydrogen-bond acceptors (Lipinski definition) is 8. The van der Waals surface area contributed by atoms with Crippen molar-refractivity contribution in [2.75, 3.05) is 28.7 Å². The van der Waals surface area contributed by atoms with Gasteiger partial charge in [0.25, 0.3) is 0 Å². The lowest BCUT2D eigenvalue weighted by Crippen LogP contribution is -2.53. The van der Waals surface area contributed by atoms with E-state index in [-0.39, 0.29) is 35.5 Å². The van der Waals surface area contributed by atoms with Crippen molar-refractivity contribution in [3.63, 3.8) is 0 Å². The van der Waals surface area contributed by atoms with E-state index in [4.69, 9.17) is 9.72 Å². The fraction of sp³-hybridized carbons (Fsp3) is 0.571. The summed E-state index contributed by atoms with van der Waals surface area (Å²) in [4.78, 5) is 32.6. The van der Waals surface area contributed by atoms with Crippen LogP contribution < -0.4 is 19.9 Å². The Kier molecular flexibility index (Phi) is 5.05. The third kappa shape index (κ3) is 3.80. The van der Waals surface area contributed by atoms with Crippen LogP contribution in [0.5, 0.6) is 5.75 Å². The molecule has 1 aliphatic carbocycles. The molecule has 0 bridgehead atoms. The molecule has 1 fully saturated rings. The Hall–Kier alpha value is -3.18. The first kappa shape index (κ1) is 21.7. The molecule has 0 unspecified atom stereocenters. The zero-order valence-electron chi connectivity index (χ0n) is 18.5. The second kappa shape index (κ2) is 7.70. The second-order valence-corrected chi connectivity index (χ2v) is 8.74. The molecule has 4 heterocycles. The Morgan fingerprint density at radius 3 is 2.67 bits per heavy atom. The van der Waals surface area contributed by atoms with Crippen LogP contribution in [-0.2, 0) is 17.4 Å². The molecule has 1 saturated carbocycles. The Balaban J connectivity index is 1.25. The molecule has 5 rings (SSSR count). The number of carbonyl (C=O) groups excluding carboxylic acids is 1. The summed E-state index contributed by atoms with van der Waals surface area (Å²) in [7, 11) is 1.86. The second-order valence-electron chi connectivity index (χ2n) is 8.74. The first-order valence-corrected chi connectivity index (χ1v) is 10.9. The molecule has 0 saturated heterocycles. The van der Waals surface area contributed by atoms with Crippen LogP contribution in [0.2, 0.25) is 0 Å². The zero-order chi connectivity index (χ0) is 23.5. The number of aryl methyl sites for hydroxylation is 2. The van der Waals surface area contributed by atoms with Crippen molar-refractivity contribution in [3.05, 3.63) is 23.4 Å². The van der Waals surface area contributed by atoms with Crippen molar-refractivity contribution in [1.29, 1.82) is 0 Å². The summed E-state index contributed by atoms with van der Waals surface area (Å²) in [6.45, 7) is 4.02. The number of aromatic nitrogens is 4. The molecule has 2 aromatic heterocycles. The molecule has 1 atom stereocenters. The fourth-order valence-electron chi connectivity index (χ4n) is 4.41. The van der Waals surface area contributed by atoms with Gasteiger partial charge in [0, 0.05) is 32.5 Å². The quantitative estimate of drug-likeness (QED) is 0.740. The number of hydrogen-bond donors (Lipinski definition) is 1. The standard InChI is InChI=1S/C21H24F3N7O2/c1-10-15(9-25-19(26-10)21(22,23)24)33-13-7-12(8-13)27-20-28-14-5-4-6-31-16(14)17(29-20)30(3)11(2)18(31)32/h9,11-13H,4-8H2,1-3H3,(H,27,28,29)/t11-,12?,13?/m0/s1. The Morgan fingerprint density at radius 2 is 1.97 bits per heavy atom. The summed E-state index contributed by atoms with van der Waals surface area (Å²) < 4.78 is 44.0. The zero-order valence-corrected chi connectivity index (χ0v) is 18.5. The lowest BCUT2D eigenvalue weighted by molar-refractivity contribution is -0.145. The van der Waals surface area contributed by atoms with Crippen molar-refractivity contribution < 1.29 is 22.7 Å². The molecule has 9 nitrogen and oxygen atoms in total. The van der Waals surface area contributed by atoms with Gasteiger partial charge in [0.15, 0.2) is 11.6 Å². The van der Waals surface area contributed by atoms with Gasteiger partial charge in [-0.15, -0.1) is 0 Å². The van der Waals surface area contributed by atoms with Crippen LogP contribution in [0.1, 0.15) is 43.4 Å². The normalized spacial score (nSPS) is 24.3. The molecule has 3 aliphatic rings. The summed E-state index contributed by atoms with van der Waals surface area (Å²) >= 11 is 0. The van der Waals surface area contributed by atoms with Gasteiger partial charge in [-0.05, 0) is 26.7 Å². The van der Waals surface area contributed by atoms with E-state index in [0.29, 0.717) is 25.3 Å². The predicted octanol–water partition coefficient (Wildman–Crippen LogP) is 2.73.